The lowest BCUT2D eigenvalue weighted by Gasteiger charge is -2.45. The van der Waals surface area contributed by atoms with Crippen molar-refractivity contribution in [1.82, 2.24) is 16.2 Å². The minimum Gasteiger partial charge on any atom is -0.307 e. The number of hydrogen-bond acceptors (Lipinski definition) is 5. The molecule has 1 aliphatic heterocycles. The van der Waals surface area contributed by atoms with Crippen LogP contribution in [-0.4, -0.2) is 23.9 Å². The molecule has 0 spiro atoms. The highest BCUT2D eigenvalue weighted by atomic mass is 17.2. The molecule has 1 saturated heterocycles. The van der Waals surface area contributed by atoms with Crippen molar-refractivity contribution in [3.8, 4) is 0 Å². The van der Waals surface area contributed by atoms with E-state index in [2.05, 4.69) is 117 Å². The van der Waals surface area contributed by atoms with Gasteiger partial charge in [0, 0.05) is 11.1 Å². The third-order valence-electron chi connectivity index (χ3n) is 6.38. The highest BCUT2D eigenvalue weighted by Crippen LogP contribution is 2.36. The van der Waals surface area contributed by atoms with Crippen molar-refractivity contribution in [2.75, 3.05) is 6.73 Å². The largest absolute Gasteiger partial charge is 0.307 e. The molecule has 1 aliphatic rings. The smallest absolute Gasteiger partial charge is 0.145 e. The van der Waals surface area contributed by atoms with Gasteiger partial charge in [-0.3, -0.25) is 0 Å². The predicted octanol–water partition coefficient (Wildman–Crippen LogP) is 5.29. The number of nitrogens with one attached hydrogen (secondary N) is 3. The molecule has 0 bridgehead atoms. The Morgan fingerprint density at radius 1 is 0.735 bits per heavy atom. The minimum atomic E-state index is -0.605. The van der Waals surface area contributed by atoms with E-state index in [1.807, 2.05) is 18.2 Å². The van der Waals surface area contributed by atoms with Gasteiger partial charge in [-0.25, -0.2) is 20.6 Å². The standard InChI is InChI=1S/C29H37N3O2/c1-27(2)20-26(21-28(3,4)31-27)34-33-22-30-32-29(23-14-8-5-9-15-23,24-16-10-6-11-17-24)25-18-12-7-13-19-25/h5-19,26,30-32H,20-22H2,1-4H3. The summed E-state index contributed by atoms with van der Waals surface area (Å²) in [4.78, 5) is 11.5. The lowest BCUT2D eigenvalue weighted by molar-refractivity contribution is -0.339. The highest BCUT2D eigenvalue weighted by molar-refractivity contribution is 5.49. The first-order valence-corrected chi connectivity index (χ1v) is 12.1. The van der Waals surface area contributed by atoms with E-state index in [1.54, 1.807) is 0 Å². The fourth-order valence-electron chi connectivity index (χ4n) is 5.41. The lowest BCUT2D eigenvalue weighted by atomic mass is 9.77. The molecule has 0 amide bonds. The number of piperidine rings is 1. The zero-order chi connectivity index (χ0) is 24.1. The quantitative estimate of drug-likeness (QED) is 0.134. The van der Waals surface area contributed by atoms with Crippen molar-refractivity contribution in [1.29, 1.82) is 0 Å². The van der Waals surface area contributed by atoms with Crippen LogP contribution in [0.25, 0.3) is 0 Å². The van der Waals surface area contributed by atoms with Crippen LogP contribution >= 0.6 is 0 Å². The Kier molecular flexibility index (Phi) is 7.51. The molecule has 0 radical (unpaired) electrons. The van der Waals surface area contributed by atoms with Crippen LogP contribution in [0, 0.1) is 0 Å². The van der Waals surface area contributed by atoms with Crippen LogP contribution in [0.2, 0.25) is 0 Å². The highest BCUT2D eigenvalue weighted by Gasteiger charge is 2.39. The van der Waals surface area contributed by atoms with Crippen molar-refractivity contribution in [2.45, 2.75) is 63.3 Å². The molecule has 5 heteroatoms. The Bertz CT molecular complexity index is 910. The molecule has 0 atom stereocenters. The summed E-state index contributed by atoms with van der Waals surface area (Å²) in [5.41, 5.74) is 9.66. The average Bonchev–Trinajstić information content (AvgIpc) is 2.81. The van der Waals surface area contributed by atoms with Crippen molar-refractivity contribution in [2.24, 2.45) is 0 Å². The minimum absolute atomic E-state index is 0.00450. The van der Waals surface area contributed by atoms with Gasteiger partial charge in [0.15, 0.2) is 0 Å². The van der Waals surface area contributed by atoms with Crippen molar-refractivity contribution >= 4 is 0 Å². The van der Waals surface area contributed by atoms with Gasteiger partial charge in [0.2, 0.25) is 0 Å². The second-order valence-electron chi connectivity index (χ2n) is 10.4. The summed E-state index contributed by atoms with van der Waals surface area (Å²) in [6, 6.07) is 31.4. The van der Waals surface area contributed by atoms with Gasteiger partial charge in [-0.05, 0) is 57.2 Å². The molecule has 3 N–H and O–H groups in total. The molecule has 3 aromatic carbocycles. The third kappa shape index (κ3) is 5.74. The first-order valence-electron chi connectivity index (χ1n) is 12.1. The van der Waals surface area contributed by atoms with Gasteiger partial charge in [0.1, 0.15) is 12.3 Å². The molecule has 0 saturated carbocycles. The summed E-state index contributed by atoms with van der Waals surface area (Å²) in [5.74, 6) is 0. The Labute approximate surface area is 203 Å². The van der Waals surface area contributed by atoms with Gasteiger partial charge in [-0.2, -0.15) is 0 Å². The molecular weight excluding hydrogens is 422 g/mol. The van der Waals surface area contributed by atoms with E-state index in [1.165, 1.54) is 0 Å². The molecule has 180 valence electrons. The normalized spacial score (nSPS) is 18.0. The second-order valence-corrected chi connectivity index (χ2v) is 10.4. The average molecular weight is 460 g/mol. The number of hydrogen-bond donors (Lipinski definition) is 3. The van der Waals surface area contributed by atoms with Crippen LogP contribution in [0.4, 0.5) is 0 Å². The maximum absolute atomic E-state index is 5.84. The third-order valence-corrected chi connectivity index (χ3v) is 6.38. The van der Waals surface area contributed by atoms with Gasteiger partial charge < -0.3 is 5.32 Å². The van der Waals surface area contributed by atoms with Crippen molar-refractivity contribution in [3.63, 3.8) is 0 Å². The van der Waals surface area contributed by atoms with Crippen LogP contribution < -0.4 is 16.2 Å². The van der Waals surface area contributed by atoms with E-state index in [-0.39, 0.29) is 23.9 Å². The number of benzene rings is 3. The topological polar surface area (TPSA) is 54.6 Å². The van der Waals surface area contributed by atoms with E-state index >= 15 is 0 Å². The zero-order valence-corrected chi connectivity index (χ0v) is 20.7. The van der Waals surface area contributed by atoms with Crippen LogP contribution in [0.1, 0.15) is 57.2 Å². The Balaban J connectivity index is 1.51. The van der Waals surface area contributed by atoms with E-state index in [0.29, 0.717) is 0 Å². The summed E-state index contributed by atoms with van der Waals surface area (Å²) in [6.45, 7) is 9.03. The summed E-state index contributed by atoms with van der Waals surface area (Å²) in [6.07, 6.45) is 1.83. The van der Waals surface area contributed by atoms with Crippen LogP contribution in [0.3, 0.4) is 0 Å². The van der Waals surface area contributed by atoms with Crippen LogP contribution in [0.15, 0.2) is 91.0 Å². The molecule has 1 fully saturated rings. The fraction of sp³-hybridized carbons (Fsp3) is 0.379. The maximum Gasteiger partial charge on any atom is 0.145 e. The van der Waals surface area contributed by atoms with Gasteiger partial charge >= 0.3 is 0 Å². The summed E-state index contributed by atoms with van der Waals surface area (Å²) < 4.78 is 0. The maximum atomic E-state index is 5.84. The molecule has 0 unspecified atom stereocenters. The number of rotatable bonds is 9. The molecule has 4 rings (SSSR count). The SMILES string of the molecule is CC1(C)CC(OOCNNC(c2ccccc2)(c2ccccc2)c2ccccc2)CC(C)(C)N1. The lowest BCUT2D eigenvalue weighted by Crippen LogP contribution is -2.59. The zero-order valence-electron chi connectivity index (χ0n) is 20.7. The fourth-order valence-corrected chi connectivity index (χ4v) is 5.41. The van der Waals surface area contributed by atoms with Gasteiger partial charge in [0.05, 0.1) is 6.10 Å². The molecule has 0 aliphatic carbocycles. The Morgan fingerprint density at radius 2 is 1.15 bits per heavy atom. The van der Waals surface area contributed by atoms with E-state index in [9.17, 15) is 0 Å². The van der Waals surface area contributed by atoms with E-state index in [4.69, 9.17) is 9.78 Å². The molecule has 34 heavy (non-hydrogen) atoms. The molecule has 5 nitrogen and oxygen atoms in total. The molecular formula is C29H37N3O2. The Morgan fingerprint density at radius 3 is 1.56 bits per heavy atom. The van der Waals surface area contributed by atoms with Crippen LogP contribution in [0.5, 0.6) is 0 Å². The van der Waals surface area contributed by atoms with E-state index < -0.39 is 5.54 Å². The Hall–Kier alpha value is -2.54. The number of hydrazine groups is 1. The van der Waals surface area contributed by atoms with Crippen molar-refractivity contribution in [3.05, 3.63) is 108 Å². The molecule has 3 aromatic rings. The first-order chi connectivity index (χ1) is 16.3. The van der Waals surface area contributed by atoms with Crippen molar-refractivity contribution < 1.29 is 9.78 Å². The first kappa shape index (κ1) is 24.6. The summed E-state index contributed by atoms with van der Waals surface area (Å²) in [7, 11) is 0. The molecule has 0 aromatic heterocycles. The second kappa shape index (κ2) is 10.4. The van der Waals surface area contributed by atoms with Gasteiger partial charge in [-0.1, -0.05) is 91.0 Å². The van der Waals surface area contributed by atoms with Gasteiger partial charge in [-0.15, -0.1) is 0 Å². The monoisotopic (exact) mass is 459 g/mol. The van der Waals surface area contributed by atoms with Gasteiger partial charge in [0.25, 0.3) is 0 Å². The summed E-state index contributed by atoms with van der Waals surface area (Å²) in [5, 5.41) is 3.67. The predicted molar refractivity (Wildman–Crippen MR) is 137 cm³/mol. The van der Waals surface area contributed by atoms with Crippen LogP contribution in [-0.2, 0) is 15.3 Å². The summed E-state index contributed by atoms with van der Waals surface area (Å²) >= 11 is 0. The van der Waals surface area contributed by atoms with E-state index in [0.717, 1.165) is 29.5 Å². The molecule has 1 heterocycles.